The van der Waals surface area contributed by atoms with Gasteiger partial charge in [-0.15, -0.1) is 0 Å². The molecule has 0 aliphatic rings. The van der Waals surface area contributed by atoms with Gasteiger partial charge in [-0.3, -0.25) is 0 Å². The monoisotopic (exact) mass is 190 g/mol. The molecule has 8 N–H and O–H groups in total. The number of rotatable bonds is 3. The lowest BCUT2D eigenvalue weighted by Gasteiger charge is -2.34. The largest absolute Gasteiger partial charge is 0.330 e. The Hall–Kier alpha value is -0.160. The lowest BCUT2D eigenvalue weighted by molar-refractivity contribution is 0.309. The summed E-state index contributed by atoms with van der Waals surface area (Å²) < 4.78 is 0. The fourth-order valence-electron chi connectivity index (χ4n) is 0.118. The summed E-state index contributed by atoms with van der Waals surface area (Å²) in [4.78, 5) is 0. The summed E-state index contributed by atoms with van der Waals surface area (Å²) in [7, 11) is 0. The molecule has 0 saturated heterocycles. The van der Waals surface area contributed by atoms with Crippen molar-refractivity contribution in [3.8, 4) is 0 Å². The molecular formula is C9H26N4. The van der Waals surface area contributed by atoms with E-state index in [0.717, 1.165) is 19.5 Å². The van der Waals surface area contributed by atoms with Crippen molar-refractivity contribution < 1.29 is 0 Å². The Morgan fingerprint density at radius 2 is 1.00 bits per heavy atom. The maximum atomic E-state index is 5.69. The minimum absolute atomic E-state index is 0.285. The first-order valence-electron chi connectivity index (χ1n) is 4.64. The average molecular weight is 190 g/mol. The van der Waals surface area contributed by atoms with Gasteiger partial charge in [0.15, 0.2) is 0 Å². The van der Waals surface area contributed by atoms with Crippen molar-refractivity contribution in [1.82, 2.24) is 0 Å². The highest BCUT2D eigenvalue weighted by Crippen LogP contribution is 2.13. The molecule has 0 atom stereocenters. The van der Waals surface area contributed by atoms with Gasteiger partial charge < -0.3 is 22.9 Å². The van der Waals surface area contributed by atoms with Crippen molar-refractivity contribution in [3.63, 3.8) is 0 Å². The van der Waals surface area contributed by atoms with Crippen molar-refractivity contribution >= 4 is 0 Å². The van der Waals surface area contributed by atoms with Crippen LogP contribution in [0.5, 0.6) is 0 Å². The molecule has 0 amide bonds. The van der Waals surface area contributed by atoms with Crippen molar-refractivity contribution in [2.45, 2.75) is 45.2 Å². The van der Waals surface area contributed by atoms with Gasteiger partial charge in [-0.05, 0) is 47.2 Å². The molecule has 0 unspecified atom stereocenters. The minimum atomic E-state index is -0.285. The number of nitrogens with two attached hydrogens (primary N) is 4. The van der Waals surface area contributed by atoms with E-state index in [1.54, 1.807) is 0 Å². The van der Waals surface area contributed by atoms with E-state index in [1.165, 1.54) is 0 Å². The molecule has 13 heavy (non-hydrogen) atoms. The second-order valence-electron chi connectivity index (χ2n) is 4.37. The average Bonchev–Trinajstić information content (AvgIpc) is 1.85. The molecule has 0 bridgehead atoms. The van der Waals surface area contributed by atoms with Crippen LogP contribution in [0, 0.1) is 0 Å². The number of hydrogen-bond donors (Lipinski definition) is 4. The SMILES string of the molecule is CC(C)(N)C(C)(C)N.NCCCN. The molecule has 0 saturated carbocycles. The Morgan fingerprint density at radius 3 is 1.00 bits per heavy atom. The van der Waals surface area contributed by atoms with Crippen LogP contribution in [0.1, 0.15) is 34.1 Å². The van der Waals surface area contributed by atoms with Crippen LogP contribution < -0.4 is 22.9 Å². The molecule has 0 aliphatic heterocycles. The van der Waals surface area contributed by atoms with Crippen molar-refractivity contribution in [2.24, 2.45) is 22.9 Å². The minimum Gasteiger partial charge on any atom is -0.330 e. The zero-order valence-corrected chi connectivity index (χ0v) is 9.43. The first-order chi connectivity index (χ1) is 5.66. The van der Waals surface area contributed by atoms with Crippen LogP contribution in [0.25, 0.3) is 0 Å². The van der Waals surface area contributed by atoms with Crippen LogP contribution in [-0.4, -0.2) is 24.2 Å². The van der Waals surface area contributed by atoms with E-state index in [4.69, 9.17) is 22.9 Å². The zero-order valence-electron chi connectivity index (χ0n) is 9.43. The third kappa shape index (κ3) is 9.76. The molecule has 4 heteroatoms. The summed E-state index contributed by atoms with van der Waals surface area (Å²) in [6.07, 6.45) is 0.944. The summed E-state index contributed by atoms with van der Waals surface area (Å²) in [5.41, 5.74) is 20.9. The van der Waals surface area contributed by atoms with Gasteiger partial charge in [-0.2, -0.15) is 0 Å². The van der Waals surface area contributed by atoms with E-state index >= 15 is 0 Å². The van der Waals surface area contributed by atoms with Gasteiger partial charge >= 0.3 is 0 Å². The highest BCUT2D eigenvalue weighted by molar-refractivity contribution is 4.93. The number of hydrogen-bond acceptors (Lipinski definition) is 4. The fraction of sp³-hybridized carbons (Fsp3) is 1.00. The maximum Gasteiger partial charge on any atom is 0.0274 e. The van der Waals surface area contributed by atoms with Crippen molar-refractivity contribution in [2.75, 3.05) is 13.1 Å². The van der Waals surface area contributed by atoms with Crippen LogP contribution in [0.4, 0.5) is 0 Å². The van der Waals surface area contributed by atoms with Gasteiger partial charge in [0.1, 0.15) is 0 Å². The Kier molecular flexibility index (Phi) is 7.44. The topological polar surface area (TPSA) is 104 Å². The third-order valence-electron chi connectivity index (χ3n) is 2.07. The maximum absolute atomic E-state index is 5.69. The predicted octanol–water partition coefficient (Wildman–Crippen LogP) is -0.245. The van der Waals surface area contributed by atoms with Gasteiger partial charge in [0.25, 0.3) is 0 Å². The molecule has 0 aliphatic carbocycles. The molecule has 0 spiro atoms. The molecule has 0 aromatic heterocycles. The van der Waals surface area contributed by atoms with Crippen molar-refractivity contribution in [3.05, 3.63) is 0 Å². The first kappa shape index (κ1) is 15.3. The lowest BCUT2D eigenvalue weighted by atomic mass is 9.85. The van der Waals surface area contributed by atoms with E-state index in [-0.39, 0.29) is 11.1 Å². The Labute approximate surface area is 82.0 Å². The fourth-order valence-corrected chi connectivity index (χ4v) is 0.118. The summed E-state index contributed by atoms with van der Waals surface area (Å²) in [6.45, 7) is 9.13. The summed E-state index contributed by atoms with van der Waals surface area (Å²) >= 11 is 0. The summed E-state index contributed by atoms with van der Waals surface area (Å²) in [6, 6.07) is 0. The van der Waals surface area contributed by atoms with E-state index in [1.807, 2.05) is 27.7 Å². The van der Waals surface area contributed by atoms with Crippen LogP contribution in [0.2, 0.25) is 0 Å². The van der Waals surface area contributed by atoms with Crippen molar-refractivity contribution in [1.29, 1.82) is 0 Å². The lowest BCUT2D eigenvalue weighted by Crippen LogP contribution is -2.58. The molecular weight excluding hydrogens is 164 g/mol. The highest BCUT2D eigenvalue weighted by Gasteiger charge is 2.28. The summed E-state index contributed by atoms with van der Waals surface area (Å²) in [5.74, 6) is 0. The summed E-state index contributed by atoms with van der Waals surface area (Å²) in [5, 5.41) is 0. The molecule has 0 aromatic rings. The standard InChI is InChI=1S/C6H16N2.C3H10N2/c1-5(2,7)6(3,4)8;4-2-1-3-5/h7-8H2,1-4H3;1-5H2. The second kappa shape index (κ2) is 6.32. The van der Waals surface area contributed by atoms with Gasteiger partial charge in [0.2, 0.25) is 0 Å². The predicted molar refractivity (Wildman–Crippen MR) is 59.3 cm³/mol. The molecule has 0 aromatic carbocycles. The van der Waals surface area contributed by atoms with Gasteiger partial charge in [-0.1, -0.05) is 0 Å². The van der Waals surface area contributed by atoms with E-state index in [9.17, 15) is 0 Å². The van der Waals surface area contributed by atoms with Gasteiger partial charge in [-0.25, -0.2) is 0 Å². The quantitative estimate of drug-likeness (QED) is 0.493. The van der Waals surface area contributed by atoms with Gasteiger partial charge in [0.05, 0.1) is 0 Å². The molecule has 0 heterocycles. The Balaban J connectivity index is 0. The van der Waals surface area contributed by atoms with Crippen LogP contribution in [0.3, 0.4) is 0 Å². The Morgan fingerprint density at radius 1 is 0.769 bits per heavy atom. The molecule has 0 radical (unpaired) electrons. The first-order valence-corrected chi connectivity index (χ1v) is 4.64. The van der Waals surface area contributed by atoms with Crippen LogP contribution >= 0.6 is 0 Å². The molecule has 4 nitrogen and oxygen atoms in total. The van der Waals surface area contributed by atoms with E-state index < -0.39 is 0 Å². The third-order valence-corrected chi connectivity index (χ3v) is 2.07. The van der Waals surface area contributed by atoms with E-state index in [0.29, 0.717) is 0 Å². The highest BCUT2D eigenvalue weighted by atomic mass is 14.9. The normalized spacial score (nSPS) is 12.0. The van der Waals surface area contributed by atoms with Crippen LogP contribution in [-0.2, 0) is 0 Å². The van der Waals surface area contributed by atoms with E-state index in [2.05, 4.69) is 0 Å². The molecule has 0 rings (SSSR count). The zero-order chi connectivity index (χ0) is 11.1. The second-order valence-corrected chi connectivity index (χ2v) is 4.37. The smallest absolute Gasteiger partial charge is 0.0274 e. The van der Waals surface area contributed by atoms with Crippen LogP contribution in [0.15, 0.2) is 0 Å². The Bertz CT molecular complexity index is 95.8. The van der Waals surface area contributed by atoms with Gasteiger partial charge in [0, 0.05) is 11.1 Å². The molecule has 0 fully saturated rings. The molecule has 82 valence electrons.